The minimum atomic E-state index is -4.63. The van der Waals surface area contributed by atoms with Crippen molar-refractivity contribution in [1.82, 2.24) is 0 Å². The molecule has 0 amide bonds. The molecule has 1 N–H and O–H groups in total. The Kier molecular flexibility index (Phi) is 4.67. The lowest BCUT2D eigenvalue weighted by molar-refractivity contribution is -0.0328. The third-order valence-corrected chi connectivity index (χ3v) is 2.70. The van der Waals surface area contributed by atoms with Gasteiger partial charge in [-0.05, 0) is 30.8 Å². The molecule has 0 heterocycles. The van der Waals surface area contributed by atoms with Crippen molar-refractivity contribution in [1.29, 1.82) is 5.26 Å². The highest BCUT2D eigenvalue weighted by Gasteiger charge is 2.32. The Morgan fingerprint density at radius 3 is 2.63 bits per heavy atom. The van der Waals surface area contributed by atoms with E-state index in [9.17, 15) is 23.1 Å². The van der Waals surface area contributed by atoms with Crippen LogP contribution in [0.2, 0.25) is 0 Å². The second-order valence-electron chi connectivity index (χ2n) is 3.25. The molecule has 1 rings (SSSR count). The molecule has 0 aliphatic heterocycles. The van der Waals surface area contributed by atoms with Crippen LogP contribution in [0.15, 0.2) is 17.0 Å². The number of carbonyl (C=O) groups is 1. The summed E-state index contributed by atoms with van der Waals surface area (Å²) in [6.07, 6.45) is 0. The van der Waals surface area contributed by atoms with Crippen LogP contribution in [0, 0.1) is 11.3 Å². The minimum absolute atomic E-state index is 0.0430. The van der Waals surface area contributed by atoms with Crippen molar-refractivity contribution in [2.45, 2.75) is 17.3 Å². The van der Waals surface area contributed by atoms with Gasteiger partial charge in [0.25, 0.3) is 0 Å². The molecule has 19 heavy (non-hydrogen) atoms. The number of ether oxygens (including phenoxy) is 1. The summed E-state index contributed by atoms with van der Waals surface area (Å²) < 4.78 is 41.6. The Balaban J connectivity index is 3.27. The highest BCUT2D eigenvalue weighted by atomic mass is 32.2. The van der Waals surface area contributed by atoms with Crippen molar-refractivity contribution in [3.05, 3.63) is 23.3 Å². The first kappa shape index (κ1) is 15.2. The molecule has 1 aromatic rings. The molecule has 0 aliphatic rings. The fourth-order valence-electron chi connectivity index (χ4n) is 1.25. The number of esters is 1. The molecule has 0 aliphatic carbocycles. The average Bonchev–Trinajstić information content (AvgIpc) is 2.26. The summed E-state index contributed by atoms with van der Waals surface area (Å²) in [5, 5.41) is 18.2. The van der Waals surface area contributed by atoms with Crippen molar-refractivity contribution in [2.75, 3.05) is 6.61 Å². The third kappa shape index (κ3) is 4.06. The van der Waals surface area contributed by atoms with E-state index in [4.69, 9.17) is 5.26 Å². The quantitative estimate of drug-likeness (QED) is 0.684. The van der Waals surface area contributed by atoms with Crippen LogP contribution in [-0.4, -0.2) is 23.2 Å². The molecule has 4 nitrogen and oxygen atoms in total. The first-order valence-corrected chi connectivity index (χ1v) is 5.80. The fraction of sp³-hybridized carbons (Fsp3) is 0.273. The number of phenolic OH excluding ortho intramolecular Hbond substituents is 1. The van der Waals surface area contributed by atoms with Crippen LogP contribution in [0.3, 0.4) is 0 Å². The first-order chi connectivity index (χ1) is 8.78. The summed E-state index contributed by atoms with van der Waals surface area (Å²) in [4.78, 5) is 10.9. The summed E-state index contributed by atoms with van der Waals surface area (Å²) in [7, 11) is 0. The van der Waals surface area contributed by atoms with E-state index in [2.05, 4.69) is 4.74 Å². The van der Waals surface area contributed by atoms with Crippen molar-refractivity contribution >= 4 is 17.7 Å². The Labute approximate surface area is 110 Å². The molecule has 1 aromatic carbocycles. The number of rotatable bonds is 3. The summed E-state index contributed by atoms with van der Waals surface area (Å²) in [5.74, 6) is -1.56. The van der Waals surface area contributed by atoms with E-state index in [1.807, 2.05) is 0 Å². The number of nitriles is 1. The van der Waals surface area contributed by atoms with Crippen LogP contribution < -0.4 is 0 Å². The number of thioether (sulfide) groups is 1. The van der Waals surface area contributed by atoms with Crippen molar-refractivity contribution in [3.63, 3.8) is 0 Å². The Hall–Kier alpha value is -1.88. The summed E-state index contributed by atoms with van der Waals surface area (Å²) in [5.41, 5.74) is -5.41. The monoisotopic (exact) mass is 291 g/mol. The van der Waals surface area contributed by atoms with Crippen molar-refractivity contribution < 1.29 is 27.8 Å². The van der Waals surface area contributed by atoms with Gasteiger partial charge in [-0.3, -0.25) is 0 Å². The highest BCUT2D eigenvalue weighted by molar-refractivity contribution is 8.00. The Morgan fingerprint density at radius 1 is 1.53 bits per heavy atom. The lowest BCUT2D eigenvalue weighted by Crippen LogP contribution is -2.06. The predicted octanol–water partition coefficient (Wildman–Crippen LogP) is 3.05. The van der Waals surface area contributed by atoms with Crippen LogP contribution in [0.5, 0.6) is 5.75 Å². The maximum absolute atomic E-state index is 12.3. The average molecular weight is 291 g/mol. The van der Waals surface area contributed by atoms with Gasteiger partial charge < -0.3 is 9.84 Å². The number of hydrogen-bond donors (Lipinski definition) is 1. The van der Waals surface area contributed by atoms with Crippen LogP contribution in [0.4, 0.5) is 13.2 Å². The summed E-state index contributed by atoms with van der Waals surface area (Å²) in [6.45, 7) is 1.58. The zero-order valence-corrected chi connectivity index (χ0v) is 10.4. The van der Waals surface area contributed by atoms with Crippen LogP contribution >= 0.6 is 11.8 Å². The van der Waals surface area contributed by atoms with Gasteiger partial charge >= 0.3 is 11.5 Å². The van der Waals surface area contributed by atoms with Crippen molar-refractivity contribution in [2.24, 2.45) is 0 Å². The number of alkyl halides is 3. The molecule has 0 atom stereocenters. The minimum Gasteiger partial charge on any atom is -0.506 e. The first-order valence-electron chi connectivity index (χ1n) is 4.98. The van der Waals surface area contributed by atoms with Gasteiger partial charge in [0.15, 0.2) is 0 Å². The number of phenols is 1. The normalized spacial score (nSPS) is 10.9. The lowest BCUT2D eigenvalue weighted by Gasteiger charge is -2.10. The molecule has 0 saturated carbocycles. The largest absolute Gasteiger partial charge is 0.506 e. The molecule has 0 unspecified atom stereocenters. The highest BCUT2D eigenvalue weighted by Crippen LogP contribution is 2.41. The van der Waals surface area contributed by atoms with E-state index < -0.39 is 39.4 Å². The summed E-state index contributed by atoms with van der Waals surface area (Å²) >= 11 is -0.575. The van der Waals surface area contributed by atoms with E-state index in [1.54, 1.807) is 0 Å². The van der Waals surface area contributed by atoms with E-state index in [0.29, 0.717) is 0 Å². The standard InChI is InChI=1S/C11H8F3NO3S/c1-2-18-10(17)6-3-8(16)7(5-15)9(4-6)19-11(12,13)14/h3-4,16H,2H2,1H3. The second-order valence-corrected chi connectivity index (χ2v) is 4.36. The van der Waals surface area contributed by atoms with Gasteiger partial charge in [0.05, 0.1) is 12.2 Å². The number of halogens is 3. The zero-order chi connectivity index (χ0) is 14.6. The van der Waals surface area contributed by atoms with Gasteiger partial charge in [-0.1, -0.05) is 0 Å². The molecule has 0 radical (unpaired) electrons. The Bertz CT molecular complexity index is 537. The maximum Gasteiger partial charge on any atom is 0.446 e. The van der Waals surface area contributed by atoms with Gasteiger partial charge in [-0.25, -0.2) is 4.79 Å². The van der Waals surface area contributed by atoms with E-state index in [1.165, 1.54) is 13.0 Å². The topological polar surface area (TPSA) is 70.3 Å². The van der Waals surface area contributed by atoms with Crippen LogP contribution in [-0.2, 0) is 4.74 Å². The molecule has 0 spiro atoms. The van der Waals surface area contributed by atoms with Gasteiger partial charge in [0.1, 0.15) is 17.4 Å². The van der Waals surface area contributed by atoms with E-state index >= 15 is 0 Å². The number of nitrogens with zero attached hydrogens (tertiary/aromatic N) is 1. The lowest BCUT2D eigenvalue weighted by atomic mass is 10.1. The molecule has 0 bridgehead atoms. The SMILES string of the molecule is CCOC(=O)c1cc(O)c(C#N)c(SC(F)(F)F)c1. The third-order valence-electron chi connectivity index (χ3n) is 1.93. The van der Waals surface area contributed by atoms with Gasteiger partial charge in [-0.15, -0.1) is 0 Å². The molecule has 0 fully saturated rings. The molecule has 0 saturated heterocycles. The number of aromatic hydroxyl groups is 1. The second kappa shape index (κ2) is 5.84. The van der Waals surface area contributed by atoms with Gasteiger partial charge in [-0.2, -0.15) is 18.4 Å². The zero-order valence-electron chi connectivity index (χ0n) is 9.61. The predicted molar refractivity (Wildman–Crippen MR) is 60.7 cm³/mol. The summed E-state index contributed by atoms with van der Waals surface area (Å²) in [6, 6.07) is 3.23. The number of hydrogen-bond acceptors (Lipinski definition) is 5. The maximum atomic E-state index is 12.3. The van der Waals surface area contributed by atoms with E-state index in [-0.39, 0.29) is 12.2 Å². The van der Waals surface area contributed by atoms with Gasteiger partial charge in [0.2, 0.25) is 0 Å². The fourth-order valence-corrected chi connectivity index (χ4v) is 1.94. The van der Waals surface area contributed by atoms with Crippen LogP contribution in [0.1, 0.15) is 22.8 Å². The Morgan fingerprint density at radius 2 is 2.16 bits per heavy atom. The smallest absolute Gasteiger partial charge is 0.446 e. The molecule has 102 valence electrons. The van der Waals surface area contributed by atoms with Crippen LogP contribution in [0.25, 0.3) is 0 Å². The number of benzene rings is 1. The molecule has 8 heteroatoms. The molecule has 0 aromatic heterocycles. The molecular weight excluding hydrogens is 283 g/mol. The van der Waals surface area contributed by atoms with E-state index in [0.717, 1.165) is 12.1 Å². The van der Waals surface area contributed by atoms with Gasteiger partial charge in [0, 0.05) is 4.90 Å². The van der Waals surface area contributed by atoms with Crippen molar-refractivity contribution in [3.8, 4) is 11.8 Å². The molecular formula is C11H8F3NO3S. The number of carbonyl (C=O) groups excluding carboxylic acids is 1.